The van der Waals surface area contributed by atoms with E-state index < -0.39 is 22.8 Å². The summed E-state index contributed by atoms with van der Waals surface area (Å²) in [5.74, 6) is -1.93. The maximum atomic E-state index is 12.1. The topological polar surface area (TPSA) is 127 Å². The third kappa shape index (κ3) is 3.75. The molecule has 0 aliphatic carbocycles. The van der Waals surface area contributed by atoms with Crippen LogP contribution >= 0.6 is 0 Å². The second-order valence-electron chi connectivity index (χ2n) is 5.48. The van der Waals surface area contributed by atoms with Crippen molar-refractivity contribution in [3.8, 4) is 5.69 Å². The van der Waals surface area contributed by atoms with Crippen molar-refractivity contribution in [2.75, 3.05) is 0 Å². The number of carbonyl (C=O) groups excluding carboxylic acids is 1. The lowest BCUT2D eigenvalue weighted by Crippen LogP contribution is -2.44. The Bertz CT molecular complexity index is 766. The summed E-state index contributed by atoms with van der Waals surface area (Å²) in [6, 6.07) is 4.66. The van der Waals surface area contributed by atoms with Crippen molar-refractivity contribution in [2.45, 2.75) is 19.9 Å². The molecular weight excluding hydrogens is 316 g/mol. The first kappa shape index (κ1) is 17.1. The van der Waals surface area contributed by atoms with Gasteiger partial charge < -0.3 is 10.4 Å². The number of hydrogen-bond acceptors (Lipinski definition) is 5. The third-order valence-electron chi connectivity index (χ3n) is 3.39. The predicted octanol–water partition coefficient (Wildman–Crippen LogP) is 1.62. The largest absolute Gasteiger partial charge is 0.480 e. The minimum Gasteiger partial charge on any atom is -0.480 e. The maximum absolute atomic E-state index is 12.1. The Kier molecular flexibility index (Phi) is 4.93. The van der Waals surface area contributed by atoms with E-state index in [4.69, 9.17) is 5.11 Å². The number of carboxylic acids is 1. The van der Waals surface area contributed by atoms with Crippen molar-refractivity contribution in [1.82, 2.24) is 15.1 Å². The summed E-state index contributed by atoms with van der Waals surface area (Å²) < 4.78 is 1.38. The van der Waals surface area contributed by atoms with Crippen LogP contribution in [0.2, 0.25) is 0 Å². The second kappa shape index (κ2) is 6.90. The van der Waals surface area contributed by atoms with Gasteiger partial charge in [-0.05, 0) is 18.1 Å². The van der Waals surface area contributed by atoms with Gasteiger partial charge in [0, 0.05) is 18.3 Å². The molecule has 0 aliphatic rings. The summed E-state index contributed by atoms with van der Waals surface area (Å²) in [6.07, 6.45) is 2.73. The van der Waals surface area contributed by atoms with Crippen LogP contribution in [-0.4, -0.2) is 37.7 Å². The van der Waals surface area contributed by atoms with Gasteiger partial charge in [0.1, 0.15) is 6.04 Å². The van der Waals surface area contributed by atoms with Gasteiger partial charge in [-0.15, -0.1) is 0 Å². The molecule has 0 radical (unpaired) electrons. The van der Waals surface area contributed by atoms with Gasteiger partial charge >= 0.3 is 5.97 Å². The summed E-state index contributed by atoms with van der Waals surface area (Å²) in [4.78, 5) is 33.4. The molecule has 0 unspecified atom stereocenters. The van der Waals surface area contributed by atoms with Crippen LogP contribution in [0.25, 0.3) is 5.69 Å². The fraction of sp³-hybridized carbons (Fsp3) is 0.267. The molecular formula is C15H16N4O5. The molecule has 9 heteroatoms. The fourth-order valence-electron chi connectivity index (χ4n) is 2.05. The van der Waals surface area contributed by atoms with Gasteiger partial charge in [0.05, 0.1) is 22.4 Å². The fourth-order valence-corrected chi connectivity index (χ4v) is 2.05. The van der Waals surface area contributed by atoms with E-state index in [1.54, 1.807) is 13.8 Å². The number of amides is 1. The van der Waals surface area contributed by atoms with E-state index >= 15 is 0 Å². The number of aromatic nitrogens is 2. The highest BCUT2D eigenvalue weighted by molar-refractivity contribution is 5.96. The second-order valence-corrected chi connectivity index (χ2v) is 5.48. The first-order valence-corrected chi connectivity index (χ1v) is 7.12. The van der Waals surface area contributed by atoms with Crippen LogP contribution in [0.4, 0.5) is 5.69 Å². The Morgan fingerprint density at radius 3 is 2.42 bits per heavy atom. The zero-order valence-electron chi connectivity index (χ0n) is 13.0. The maximum Gasteiger partial charge on any atom is 0.326 e. The van der Waals surface area contributed by atoms with Crippen LogP contribution in [0.15, 0.2) is 36.7 Å². The molecule has 2 rings (SSSR count). The number of benzene rings is 1. The lowest BCUT2D eigenvalue weighted by Gasteiger charge is -2.17. The summed E-state index contributed by atoms with van der Waals surface area (Å²) >= 11 is 0. The molecule has 0 aliphatic heterocycles. The summed E-state index contributed by atoms with van der Waals surface area (Å²) in [5, 5.41) is 26.2. The molecule has 0 bridgehead atoms. The Morgan fingerprint density at radius 2 is 1.92 bits per heavy atom. The van der Waals surface area contributed by atoms with Gasteiger partial charge in [0.15, 0.2) is 0 Å². The Morgan fingerprint density at radius 1 is 1.29 bits per heavy atom. The molecule has 1 amide bonds. The molecule has 1 heterocycles. The third-order valence-corrected chi connectivity index (χ3v) is 3.39. The SMILES string of the molecule is CC(C)[C@@H](NC(=O)c1cnn(-c2ccc([N+](=O)[O-])cc2)c1)C(=O)O. The highest BCUT2D eigenvalue weighted by Gasteiger charge is 2.24. The lowest BCUT2D eigenvalue weighted by molar-refractivity contribution is -0.384. The smallest absolute Gasteiger partial charge is 0.326 e. The van der Waals surface area contributed by atoms with E-state index in [1.807, 2.05) is 0 Å². The van der Waals surface area contributed by atoms with E-state index in [9.17, 15) is 19.7 Å². The van der Waals surface area contributed by atoms with Gasteiger partial charge in [-0.25, -0.2) is 9.48 Å². The van der Waals surface area contributed by atoms with Crippen LogP contribution in [-0.2, 0) is 4.79 Å². The van der Waals surface area contributed by atoms with Crippen LogP contribution < -0.4 is 5.32 Å². The first-order valence-electron chi connectivity index (χ1n) is 7.12. The number of nitrogens with one attached hydrogen (secondary N) is 1. The quantitative estimate of drug-likeness (QED) is 0.611. The Balaban J connectivity index is 2.16. The molecule has 2 N–H and O–H groups in total. The first-order chi connectivity index (χ1) is 11.3. The molecule has 2 aromatic rings. The van der Waals surface area contributed by atoms with E-state index in [0.29, 0.717) is 5.69 Å². The van der Waals surface area contributed by atoms with E-state index in [2.05, 4.69) is 10.4 Å². The highest BCUT2D eigenvalue weighted by Crippen LogP contribution is 2.15. The molecule has 1 atom stereocenters. The number of nitrogens with zero attached hydrogens (tertiary/aromatic N) is 3. The molecule has 126 valence electrons. The summed E-state index contributed by atoms with van der Waals surface area (Å²) in [6.45, 7) is 3.39. The normalized spacial score (nSPS) is 12.0. The minimum atomic E-state index is -1.11. The van der Waals surface area contributed by atoms with Crippen molar-refractivity contribution < 1.29 is 19.6 Å². The summed E-state index contributed by atoms with van der Waals surface area (Å²) in [5.41, 5.74) is 0.684. The van der Waals surface area contributed by atoms with Crippen molar-refractivity contribution in [3.05, 3.63) is 52.3 Å². The molecule has 1 aromatic heterocycles. The number of nitro groups is 1. The number of nitro benzene ring substituents is 1. The van der Waals surface area contributed by atoms with E-state index in [1.165, 1.54) is 41.3 Å². The van der Waals surface area contributed by atoms with Crippen molar-refractivity contribution in [3.63, 3.8) is 0 Å². The van der Waals surface area contributed by atoms with Crippen molar-refractivity contribution in [1.29, 1.82) is 0 Å². The number of carboxylic acid groups (broad SMARTS) is 1. The molecule has 0 saturated heterocycles. The minimum absolute atomic E-state index is 0.0508. The average Bonchev–Trinajstić information content (AvgIpc) is 3.01. The monoisotopic (exact) mass is 332 g/mol. The zero-order chi connectivity index (χ0) is 17.9. The highest BCUT2D eigenvalue weighted by atomic mass is 16.6. The van der Waals surface area contributed by atoms with E-state index in [-0.39, 0.29) is 17.2 Å². The Hall–Kier alpha value is -3.23. The zero-order valence-corrected chi connectivity index (χ0v) is 13.0. The van der Waals surface area contributed by atoms with E-state index in [0.717, 1.165) is 0 Å². The van der Waals surface area contributed by atoms with Crippen LogP contribution in [0.3, 0.4) is 0 Å². The average molecular weight is 332 g/mol. The standard InChI is InChI=1S/C15H16N4O5/c1-9(2)13(15(21)22)17-14(20)10-7-16-18(8-10)11-3-5-12(6-4-11)19(23)24/h3-9,13H,1-2H3,(H,17,20)(H,21,22)/t13-/m1/s1. The van der Waals surface area contributed by atoms with Crippen molar-refractivity contribution >= 4 is 17.6 Å². The molecule has 9 nitrogen and oxygen atoms in total. The van der Waals surface area contributed by atoms with Gasteiger partial charge in [-0.3, -0.25) is 14.9 Å². The number of aliphatic carboxylic acids is 1. The number of non-ortho nitro benzene ring substituents is 1. The van der Waals surface area contributed by atoms with Gasteiger partial charge in [-0.2, -0.15) is 5.10 Å². The molecule has 0 fully saturated rings. The number of rotatable bonds is 6. The summed E-state index contributed by atoms with van der Waals surface area (Å²) in [7, 11) is 0. The molecule has 24 heavy (non-hydrogen) atoms. The van der Waals surface area contributed by atoms with Crippen LogP contribution in [0.5, 0.6) is 0 Å². The number of carbonyl (C=O) groups is 2. The molecule has 1 aromatic carbocycles. The Labute approximate surface area is 137 Å². The predicted molar refractivity (Wildman–Crippen MR) is 83.9 cm³/mol. The van der Waals surface area contributed by atoms with Crippen LogP contribution in [0.1, 0.15) is 24.2 Å². The van der Waals surface area contributed by atoms with Gasteiger partial charge in [0.2, 0.25) is 0 Å². The van der Waals surface area contributed by atoms with Gasteiger partial charge in [0.25, 0.3) is 11.6 Å². The lowest BCUT2D eigenvalue weighted by atomic mass is 10.0. The molecule has 0 spiro atoms. The molecule has 0 saturated carbocycles. The van der Waals surface area contributed by atoms with Crippen LogP contribution in [0, 0.1) is 16.0 Å². The van der Waals surface area contributed by atoms with Gasteiger partial charge in [-0.1, -0.05) is 13.8 Å². The van der Waals surface area contributed by atoms with Crippen molar-refractivity contribution in [2.24, 2.45) is 5.92 Å². The number of hydrogen-bond donors (Lipinski definition) is 2.